The van der Waals surface area contributed by atoms with E-state index in [1.165, 1.54) is 12.7 Å². The van der Waals surface area contributed by atoms with Gasteiger partial charge in [0.25, 0.3) is 0 Å². The zero-order valence-electron chi connectivity index (χ0n) is 15.6. The van der Waals surface area contributed by atoms with Gasteiger partial charge < -0.3 is 18.9 Å². The fourth-order valence-electron chi connectivity index (χ4n) is 4.27. The van der Waals surface area contributed by atoms with E-state index in [1.807, 2.05) is 6.08 Å². The molecule has 1 saturated carbocycles. The number of ether oxygens (including phenoxy) is 4. The van der Waals surface area contributed by atoms with Crippen molar-refractivity contribution in [2.24, 2.45) is 17.8 Å². The van der Waals surface area contributed by atoms with Gasteiger partial charge in [-0.2, -0.15) is 0 Å². The first-order valence-corrected chi connectivity index (χ1v) is 9.21. The molecule has 144 valence electrons. The predicted molar refractivity (Wildman–Crippen MR) is 96.3 cm³/mol. The van der Waals surface area contributed by atoms with Crippen LogP contribution in [0.2, 0.25) is 0 Å². The molecule has 6 atom stereocenters. The van der Waals surface area contributed by atoms with Crippen molar-refractivity contribution >= 4 is 11.9 Å². The van der Waals surface area contributed by atoms with E-state index in [9.17, 15) is 9.59 Å². The molecule has 0 aromatic carbocycles. The minimum atomic E-state index is -0.556. The van der Waals surface area contributed by atoms with Crippen LogP contribution in [0.3, 0.4) is 0 Å². The topological polar surface area (TPSA) is 71.1 Å². The minimum Gasteiger partial charge on any atom is -0.458 e. The lowest BCUT2D eigenvalue weighted by Crippen LogP contribution is -2.33. The molecule has 0 aromatic rings. The Morgan fingerprint density at radius 3 is 2.74 bits per heavy atom. The van der Waals surface area contributed by atoms with Crippen molar-refractivity contribution in [1.29, 1.82) is 0 Å². The van der Waals surface area contributed by atoms with E-state index in [0.29, 0.717) is 29.4 Å². The van der Waals surface area contributed by atoms with Crippen LogP contribution in [-0.4, -0.2) is 44.2 Å². The van der Waals surface area contributed by atoms with E-state index in [2.05, 4.69) is 20.1 Å². The SMILES string of the molecule is C=C1CC(OC(=O)C2=CC(OC)OC2)C2C(=C)C(=O)OC2C=C(C)C2CC12. The number of hydrogen-bond acceptors (Lipinski definition) is 6. The Hall–Kier alpha value is -2.18. The first-order chi connectivity index (χ1) is 12.9. The molecule has 6 nitrogen and oxygen atoms in total. The summed E-state index contributed by atoms with van der Waals surface area (Å²) in [5.41, 5.74) is 3.00. The number of rotatable bonds is 3. The van der Waals surface area contributed by atoms with Crippen molar-refractivity contribution in [2.75, 3.05) is 13.7 Å². The molecule has 0 amide bonds. The number of esters is 2. The quantitative estimate of drug-likeness (QED) is 0.431. The fraction of sp³-hybridized carbons (Fsp3) is 0.524. The van der Waals surface area contributed by atoms with Gasteiger partial charge in [0.05, 0.1) is 18.1 Å². The number of hydrogen-bond donors (Lipinski definition) is 0. The van der Waals surface area contributed by atoms with Crippen LogP contribution < -0.4 is 0 Å². The summed E-state index contributed by atoms with van der Waals surface area (Å²) in [5, 5.41) is 0. The monoisotopic (exact) mass is 372 g/mol. The highest BCUT2D eigenvalue weighted by Gasteiger charge is 2.49. The molecular formula is C21H24O6. The van der Waals surface area contributed by atoms with E-state index in [4.69, 9.17) is 18.9 Å². The molecule has 2 fully saturated rings. The van der Waals surface area contributed by atoms with Crippen LogP contribution >= 0.6 is 0 Å². The maximum atomic E-state index is 12.7. The molecule has 0 radical (unpaired) electrons. The first kappa shape index (κ1) is 18.2. The zero-order valence-corrected chi connectivity index (χ0v) is 15.6. The second-order valence-corrected chi connectivity index (χ2v) is 7.69. The van der Waals surface area contributed by atoms with Gasteiger partial charge in [-0.1, -0.05) is 24.3 Å². The van der Waals surface area contributed by atoms with Crippen LogP contribution in [0, 0.1) is 17.8 Å². The highest BCUT2D eigenvalue weighted by molar-refractivity contribution is 5.92. The lowest BCUT2D eigenvalue weighted by atomic mass is 9.87. The second kappa shape index (κ2) is 6.77. The van der Waals surface area contributed by atoms with E-state index in [1.54, 1.807) is 6.08 Å². The number of allylic oxidation sites excluding steroid dienone is 1. The summed E-state index contributed by atoms with van der Waals surface area (Å²) in [7, 11) is 1.51. The van der Waals surface area contributed by atoms with Crippen LogP contribution in [0.25, 0.3) is 0 Å². The summed E-state index contributed by atoms with van der Waals surface area (Å²) >= 11 is 0. The number of carbonyl (C=O) groups is 2. The maximum absolute atomic E-state index is 12.7. The molecule has 1 saturated heterocycles. The molecule has 0 bridgehead atoms. The van der Waals surface area contributed by atoms with Gasteiger partial charge in [-0.3, -0.25) is 0 Å². The average Bonchev–Trinajstić information content (AvgIpc) is 3.20. The normalized spacial score (nSPS) is 37.9. The van der Waals surface area contributed by atoms with E-state index >= 15 is 0 Å². The Labute approximate surface area is 158 Å². The lowest BCUT2D eigenvalue weighted by molar-refractivity contribution is -0.147. The van der Waals surface area contributed by atoms with Crippen LogP contribution in [0.15, 0.2) is 47.6 Å². The third-order valence-electron chi connectivity index (χ3n) is 5.95. The van der Waals surface area contributed by atoms with Crippen molar-refractivity contribution in [3.8, 4) is 0 Å². The molecule has 4 aliphatic rings. The van der Waals surface area contributed by atoms with Gasteiger partial charge >= 0.3 is 11.9 Å². The van der Waals surface area contributed by atoms with Gasteiger partial charge in [-0.15, -0.1) is 0 Å². The van der Waals surface area contributed by atoms with Crippen molar-refractivity contribution in [2.45, 2.75) is 38.3 Å². The second-order valence-electron chi connectivity index (χ2n) is 7.69. The number of fused-ring (bicyclic) bond motifs is 2. The Morgan fingerprint density at radius 2 is 2.04 bits per heavy atom. The van der Waals surface area contributed by atoms with Crippen LogP contribution in [-0.2, 0) is 28.5 Å². The van der Waals surface area contributed by atoms with Crippen molar-refractivity contribution < 1.29 is 28.5 Å². The molecule has 0 spiro atoms. The number of carbonyl (C=O) groups excluding carboxylic acids is 2. The molecule has 4 rings (SSSR count). The molecule has 27 heavy (non-hydrogen) atoms. The van der Waals surface area contributed by atoms with Crippen molar-refractivity contribution in [1.82, 2.24) is 0 Å². The molecule has 2 aliphatic heterocycles. The first-order valence-electron chi connectivity index (χ1n) is 9.21. The highest BCUT2D eigenvalue weighted by atomic mass is 16.7. The van der Waals surface area contributed by atoms with Crippen LogP contribution in [0.5, 0.6) is 0 Å². The molecular weight excluding hydrogens is 348 g/mol. The van der Waals surface area contributed by atoms with Gasteiger partial charge in [0.1, 0.15) is 12.2 Å². The maximum Gasteiger partial charge on any atom is 0.336 e. The summed E-state index contributed by atoms with van der Waals surface area (Å²) in [6.07, 6.45) is 3.57. The largest absolute Gasteiger partial charge is 0.458 e. The molecule has 2 aliphatic carbocycles. The summed E-state index contributed by atoms with van der Waals surface area (Å²) in [6.45, 7) is 10.3. The smallest absolute Gasteiger partial charge is 0.336 e. The van der Waals surface area contributed by atoms with Crippen molar-refractivity contribution in [3.63, 3.8) is 0 Å². The molecule has 6 unspecified atom stereocenters. The number of methoxy groups -OCH3 is 1. The Bertz CT molecular complexity index is 776. The van der Waals surface area contributed by atoms with Crippen LogP contribution in [0.1, 0.15) is 19.8 Å². The van der Waals surface area contributed by atoms with Gasteiger partial charge in [-0.05, 0) is 37.3 Å². The molecule has 2 heterocycles. The Morgan fingerprint density at radius 1 is 1.26 bits per heavy atom. The summed E-state index contributed by atoms with van der Waals surface area (Å²) in [4.78, 5) is 24.8. The zero-order chi connectivity index (χ0) is 19.3. The molecule has 0 aromatic heterocycles. The van der Waals surface area contributed by atoms with Gasteiger partial charge in [0.2, 0.25) is 0 Å². The Balaban J connectivity index is 1.61. The predicted octanol–water partition coefficient (Wildman–Crippen LogP) is 2.47. The third-order valence-corrected chi connectivity index (χ3v) is 5.95. The van der Waals surface area contributed by atoms with Crippen LogP contribution in [0.4, 0.5) is 0 Å². The minimum absolute atomic E-state index is 0.138. The van der Waals surface area contributed by atoms with Gasteiger partial charge in [0.15, 0.2) is 6.29 Å². The Kier molecular flexibility index (Phi) is 4.56. The average molecular weight is 372 g/mol. The summed E-state index contributed by atoms with van der Waals surface area (Å²) in [6, 6.07) is 0. The van der Waals surface area contributed by atoms with Crippen molar-refractivity contribution in [3.05, 3.63) is 47.6 Å². The molecule has 0 N–H and O–H groups in total. The van der Waals surface area contributed by atoms with Gasteiger partial charge in [-0.25, -0.2) is 9.59 Å². The van der Waals surface area contributed by atoms with E-state index in [0.717, 1.165) is 12.0 Å². The third kappa shape index (κ3) is 3.28. The van der Waals surface area contributed by atoms with Gasteiger partial charge in [0, 0.05) is 19.1 Å². The van der Waals surface area contributed by atoms with E-state index in [-0.39, 0.29) is 6.61 Å². The summed E-state index contributed by atoms with van der Waals surface area (Å²) < 4.78 is 21.8. The van der Waals surface area contributed by atoms with E-state index < -0.39 is 36.4 Å². The lowest BCUT2D eigenvalue weighted by Gasteiger charge is -2.26. The highest BCUT2D eigenvalue weighted by Crippen LogP contribution is 2.52. The summed E-state index contributed by atoms with van der Waals surface area (Å²) in [5.74, 6) is -0.473. The molecule has 6 heteroatoms. The standard InChI is InChI=1S/C21H24O6/c1-10-5-16-19(12(3)20(22)26-16)17(6-11(2)15-8-14(10)15)27-21(23)13-7-18(24-4)25-9-13/h5,7,14-19H,2-3,6,8-9H2,1,4H3. The fourth-order valence-corrected chi connectivity index (χ4v) is 4.27.